The van der Waals surface area contributed by atoms with Gasteiger partial charge in [0.05, 0.1) is 17.6 Å². The molecule has 0 fully saturated rings. The summed E-state index contributed by atoms with van der Waals surface area (Å²) in [5.41, 5.74) is -1.38. The van der Waals surface area contributed by atoms with Crippen molar-refractivity contribution in [2.75, 3.05) is 7.11 Å². The topological polar surface area (TPSA) is 69.4 Å². The summed E-state index contributed by atoms with van der Waals surface area (Å²) in [4.78, 5) is 20.8. The number of methoxy groups -OCH3 is 1. The van der Waals surface area contributed by atoms with Crippen molar-refractivity contribution in [1.82, 2.24) is 0 Å². The number of ether oxygens (including phenoxy) is 1. The molecule has 0 saturated heterocycles. The molecule has 0 spiro atoms. The van der Waals surface area contributed by atoms with Gasteiger partial charge in [0, 0.05) is 11.6 Å². The Bertz CT molecular complexity index is 495. The van der Waals surface area contributed by atoms with E-state index >= 15 is 0 Å². The second-order valence-electron chi connectivity index (χ2n) is 3.51. The van der Waals surface area contributed by atoms with Crippen molar-refractivity contribution in [2.24, 2.45) is 0 Å². The Balaban J connectivity index is 0.00000324. The number of esters is 1. The summed E-state index contributed by atoms with van der Waals surface area (Å²) in [5, 5.41) is 10.7. The summed E-state index contributed by atoms with van der Waals surface area (Å²) in [5.74, 6) is -0.845. The first kappa shape index (κ1) is 18.6. The molecule has 5 nitrogen and oxygen atoms in total. The molecule has 0 bridgehead atoms. The predicted octanol–water partition coefficient (Wildman–Crippen LogP) is -0.685. The Morgan fingerprint density at radius 2 is 2.00 bits per heavy atom. The maximum absolute atomic E-state index is 12.3. The van der Waals surface area contributed by atoms with E-state index in [0.29, 0.717) is 0 Å². The summed E-state index contributed by atoms with van der Waals surface area (Å²) in [6.45, 7) is -5.18. The fourth-order valence-corrected chi connectivity index (χ4v) is 1.40. The summed E-state index contributed by atoms with van der Waals surface area (Å²) >= 11 is 0. The molecule has 1 aromatic rings. The molecular weight excluding hydrogens is 293 g/mol. The van der Waals surface area contributed by atoms with Gasteiger partial charge < -0.3 is 17.7 Å². The Hall–Kier alpha value is -0.419. The number of nitrogens with zero attached hydrogens (tertiary/aromatic N) is 1. The molecule has 0 aromatic heterocycles. The van der Waals surface area contributed by atoms with Gasteiger partial charge in [-0.05, 0) is 6.07 Å². The van der Waals surface area contributed by atoms with E-state index in [9.17, 15) is 27.9 Å². The zero-order chi connectivity index (χ0) is 13.9. The van der Waals surface area contributed by atoms with Crippen molar-refractivity contribution < 1.29 is 78.8 Å². The van der Waals surface area contributed by atoms with Gasteiger partial charge in [0.1, 0.15) is 0 Å². The Morgan fingerprint density at radius 3 is 2.42 bits per heavy atom. The van der Waals surface area contributed by atoms with E-state index in [1.54, 1.807) is 0 Å². The molecule has 10 heteroatoms. The second-order valence-corrected chi connectivity index (χ2v) is 3.51. The summed E-state index contributed by atoms with van der Waals surface area (Å²) < 4.78 is 41.1. The number of hydrogen-bond donors (Lipinski definition) is 0. The number of nitro benzene ring substituents is 1. The molecule has 98 valence electrons. The fourth-order valence-electron chi connectivity index (χ4n) is 1.40. The number of nitro groups is 1. The van der Waals surface area contributed by atoms with Gasteiger partial charge in [-0.1, -0.05) is 12.4 Å². The van der Waals surface area contributed by atoms with Gasteiger partial charge in [-0.25, -0.2) is 4.79 Å². The SMILES string of the molecule is COC(=O)c1ccc(C[B-](F)(F)F)c([N+](=O)[O-])c1.[K+]. The van der Waals surface area contributed by atoms with Crippen LogP contribution in [0, 0.1) is 10.1 Å². The standard InChI is InChI=1S/C9H8BF3NO4.K/c1-18-9(15)6-2-3-7(5-10(11,12)13)8(4-6)14(16)17;/h2-4H,5H2,1H3;/q-1;+1. The third kappa shape index (κ3) is 5.61. The summed E-state index contributed by atoms with van der Waals surface area (Å²) in [6, 6.07) is 2.76. The number of carbonyl (C=O) groups is 1. The molecule has 19 heavy (non-hydrogen) atoms. The third-order valence-electron chi connectivity index (χ3n) is 2.15. The van der Waals surface area contributed by atoms with E-state index < -0.39 is 35.4 Å². The van der Waals surface area contributed by atoms with Crippen molar-refractivity contribution >= 4 is 18.6 Å². The minimum Gasteiger partial charge on any atom is -0.465 e. The molecule has 0 atom stereocenters. The van der Waals surface area contributed by atoms with Gasteiger partial charge >= 0.3 is 64.3 Å². The molecular formula is C9H8BF3KNO4. The Labute approximate surface area is 149 Å². The van der Waals surface area contributed by atoms with Gasteiger partial charge in [-0.2, -0.15) is 0 Å². The van der Waals surface area contributed by atoms with E-state index in [0.717, 1.165) is 25.3 Å². The molecule has 0 aliphatic rings. The van der Waals surface area contributed by atoms with Crippen LogP contribution in [0.3, 0.4) is 0 Å². The minimum atomic E-state index is -5.18. The predicted molar refractivity (Wildman–Crippen MR) is 57.2 cm³/mol. The number of hydrogen-bond acceptors (Lipinski definition) is 4. The van der Waals surface area contributed by atoms with Crippen molar-refractivity contribution in [1.29, 1.82) is 0 Å². The minimum absolute atomic E-state index is 0. The van der Waals surface area contributed by atoms with Crippen molar-refractivity contribution in [3.63, 3.8) is 0 Å². The summed E-state index contributed by atoms with van der Waals surface area (Å²) in [7, 11) is 1.07. The third-order valence-corrected chi connectivity index (χ3v) is 2.15. The van der Waals surface area contributed by atoms with Gasteiger partial charge in [0.15, 0.2) is 0 Å². The van der Waals surface area contributed by atoms with E-state index in [-0.39, 0.29) is 56.9 Å². The van der Waals surface area contributed by atoms with Crippen LogP contribution in [0.2, 0.25) is 0 Å². The first-order valence-corrected chi connectivity index (χ1v) is 4.81. The zero-order valence-electron chi connectivity index (χ0n) is 10.2. The van der Waals surface area contributed by atoms with Crippen LogP contribution in [0.25, 0.3) is 0 Å². The Morgan fingerprint density at radius 1 is 1.42 bits per heavy atom. The van der Waals surface area contributed by atoms with E-state index in [1.807, 2.05) is 0 Å². The smallest absolute Gasteiger partial charge is 0.465 e. The molecule has 0 radical (unpaired) electrons. The average Bonchev–Trinajstić information content (AvgIpc) is 2.26. The molecule has 1 rings (SSSR count). The maximum Gasteiger partial charge on any atom is 1.00 e. The first-order valence-electron chi connectivity index (χ1n) is 4.81. The monoisotopic (exact) mass is 301 g/mol. The van der Waals surface area contributed by atoms with Crippen LogP contribution in [-0.4, -0.2) is 25.0 Å². The number of benzene rings is 1. The average molecular weight is 301 g/mol. The van der Waals surface area contributed by atoms with Gasteiger partial charge in [-0.15, -0.1) is 0 Å². The molecule has 1 aromatic carbocycles. The van der Waals surface area contributed by atoms with Crippen LogP contribution in [0.4, 0.5) is 18.6 Å². The van der Waals surface area contributed by atoms with Crippen LogP contribution in [0.1, 0.15) is 15.9 Å². The normalized spacial score (nSPS) is 10.5. The van der Waals surface area contributed by atoms with Crippen LogP contribution < -0.4 is 51.4 Å². The summed E-state index contributed by atoms with van der Waals surface area (Å²) in [6.07, 6.45) is -1.36. The van der Waals surface area contributed by atoms with E-state index in [4.69, 9.17) is 0 Å². The molecule has 0 heterocycles. The maximum atomic E-state index is 12.3. The van der Waals surface area contributed by atoms with Gasteiger partial charge in [0.2, 0.25) is 0 Å². The molecule has 0 unspecified atom stereocenters. The van der Waals surface area contributed by atoms with Crippen LogP contribution in [0.5, 0.6) is 0 Å². The molecule has 0 amide bonds. The van der Waals surface area contributed by atoms with Crippen LogP contribution in [-0.2, 0) is 11.1 Å². The number of halogens is 3. The number of rotatable bonds is 4. The van der Waals surface area contributed by atoms with Crippen molar-refractivity contribution in [3.05, 3.63) is 39.4 Å². The second kappa shape index (κ2) is 7.39. The van der Waals surface area contributed by atoms with Crippen molar-refractivity contribution in [3.8, 4) is 0 Å². The number of carbonyl (C=O) groups excluding carboxylic acids is 1. The molecule has 0 N–H and O–H groups in total. The quantitative estimate of drug-likeness (QED) is 0.320. The molecule has 0 aliphatic heterocycles. The van der Waals surface area contributed by atoms with E-state index in [1.165, 1.54) is 0 Å². The zero-order valence-corrected chi connectivity index (χ0v) is 13.4. The van der Waals surface area contributed by atoms with Gasteiger partial charge in [-0.3, -0.25) is 10.1 Å². The van der Waals surface area contributed by atoms with Crippen LogP contribution >= 0.6 is 0 Å². The van der Waals surface area contributed by atoms with Crippen LogP contribution in [0.15, 0.2) is 18.2 Å². The largest absolute Gasteiger partial charge is 1.00 e. The first-order chi connectivity index (χ1) is 8.24. The molecule has 0 saturated carbocycles. The Kier molecular flexibility index (Phi) is 7.22. The van der Waals surface area contributed by atoms with Crippen molar-refractivity contribution in [2.45, 2.75) is 6.32 Å². The fraction of sp³-hybridized carbons (Fsp3) is 0.222. The van der Waals surface area contributed by atoms with Gasteiger partial charge in [0.25, 0.3) is 5.69 Å². The molecule has 0 aliphatic carbocycles. The van der Waals surface area contributed by atoms with E-state index in [2.05, 4.69) is 4.74 Å².